The highest BCUT2D eigenvalue weighted by atomic mass is 19.4. The Labute approximate surface area is 180 Å². The van der Waals surface area contributed by atoms with Gasteiger partial charge in [-0.25, -0.2) is 4.68 Å². The number of aromatic nitrogens is 2. The first kappa shape index (κ1) is 21.7. The number of nitrogens with one attached hydrogen (secondary N) is 1. The van der Waals surface area contributed by atoms with Gasteiger partial charge in [0.2, 0.25) is 5.91 Å². The van der Waals surface area contributed by atoms with Crippen LogP contribution in [0.4, 0.5) is 19.0 Å². The lowest BCUT2D eigenvalue weighted by Crippen LogP contribution is -2.49. The number of halogens is 3. The van der Waals surface area contributed by atoms with Crippen LogP contribution in [0.25, 0.3) is 0 Å². The van der Waals surface area contributed by atoms with E-state index in [0.29, 0.717) is 24.6 Å². The third-order valence-electron chi connectivity index (χ3n) is 6.63. The SMILES string of the molecule is Cc1ccc([C@@H](C)C(=O)N2CCC[C@H]([C@@H]3C[C@H](C(F)(F)F)n4nc(C)cc4N3)C2)cc1. The molecular weight excluding hydrogens is 405 g/mol. The van der Waals surface area contributed by atoms with Crippen molar-refractivity contribution in [2.75, 3.05) is 18.4 Å². The fourth-order valence-electron chi connectivity index (χ4n) is 4.84. The topological polar surface area (TPSA) is 50.2 Å². The van der Waals surface area contributed by atoms with E-state index in [2.05, 4.69) is 10.4 Å². The van der Waals surface area contributed by atoms with Crippen molar-refractivity contribution < 1.29 is 18.0 Å². The Morgan fingerprint density at radius 1 is 1.23 bits per heavy atom. The molecule has 0 saturated carbocycles. The van der Waals surface area contributed by atoms with Gasteiger partial charge < -0.3 is 10.2 Å². The number of aryl methyl sites for hydroxylation is 2. The molecule has 0 aliphatic carbocycles. The third-order valence-corrected chi connectivity index (χ3v) is 6.63. The van der Waals surface area contributed by atoms with Crippen molar-refractivity contribution in [2.45, 2.75) is 64.2 Å². The minimum absolute atomic E-state index is 0.0308. The molecule has 1 fully saturated rings. The molecule has 0 unspecified atom stereocenters. The van der Waals surface area contributed by atoms with Gasteiger partial charge in [-0.1, -0.05) is 29.8 Å². The van der Waals surface area contributed by atoms with Crippen LogP contribution in [0, 0.1) is 19.8 Å². The average molecular weight is 435 g/mol. The maximum Gasteiger partial charge on any atom is 0.410 e. The molecule has 1 aromatic carbocycles. The number of carbonyl (C=O) groups is 1. The normalized spacial score (nSPS) is 25.0. The maximum absolute atomic E-state index is 13.7. The van der Waals surface area contributed by atoms with E-state index in [1.165, 1.54) is 0 Å². The fourth-order valence-corrected chi connectivity index (χ4v) is 4.84. The van der Waals surface area contributed by atoms with Gasteiger partial charge in [-0.2, -0.15) is 18.3 Å². The molecule has 2 aliphatic rings. The number of hydrogen-bond donors (Lipinski definition) is 1. The smallest absolute Gasteiger partial charge is 0.367 e. The van der Waals surface area contributed by atoms with Crippen LogP contribution in [0.3, 0.4) is 0 Å². The summed E-state index contributed by atoms with van der Waals surface area (Å²) < 4.78 is 42.3. The second kappa shape index (κ2) is 8.20. The molecule has 1 amide bonds. The molecule has 8 heteroatoms. The molecule has 5 nitrogen and oxygen atoms in total. The van der Waals surface area contributed by atoms with E-state index < -0.39 is 12.2 Å². The summed E-state index contributed by atoms with van der Waals surface area (Å²) in [5.41, 5.74) is 2.66. The molecule has 1 N–H and O–H groups in total. The van der Waals surface area contributed by atoms with Crippen LogP contribution in [-0.2, 0) is 4.79 Å². The number of hydrogen-bond acceptors (Lipinski definition) is 3. The summed E-state index contributed by atoms with van der Waals surface area (Å²) in [6, 6.07) is 7.61. The fraction of sp³-hybridized carbons (Fsp3) is 0.565. The summed E-state index contributed by atoms with van der Waals surface area (Å²) in [4.78, 5) is 15.0. The second-order valence-electron chi connectivity index (χ2n) is 8.98. The molecule has 168 valence electrons. The predicted molar refractivity (Wildman–Crippen MR) is 113 cm³/mol. The summed E-state index contributed by atoms with van der Waals surface area (Å²) in [7, 11) is 0. The van der Waals surface area contributed by atoms with E-state index in [0.717, 1.165) is 28.7 Å². The summed E-state index contributed by atoms with van der Waals surface area (Å²) in [6.07, 6.45) is -2.84. The number of anilines is 1. The summed E-state index contributed by atoms with van der Waals surface area (Å²) >= 11 is 0. The van der Waals surface area contributed by atoms with Crippen LogP contribution >= 0.6 is 0 Å². The van der Waals surface area contributed by atoms with Crippen molar-refractivity contribution in [2.24, 2.45) is 5.92 Å². The number of fused-ring (bicyclic) bond motifs is 1. The first-order chi connectivity index (χ1) is 14.6. The highest BCUT2D eigenvalue weighted by Crippen LogP contribution is 2.42. The lowest BCUT2D eigenvalue weighted by molar-refractivity contribution is -0.175. The molecule has 31 heavy (non-hydrogen) atoms. The van der Waals surface area contributed by atoms with Gasteiger partial charge in [0.1, 0.15) is 5.82 Å². The second-order valence-corrected chi connectivity index (χ2v) is 8.98. The van der Waals surface area contributed by atoms with Gasteiger partial charge in [0, 0.05) is 25.2 Å². The first-order valence-electron chi connectivity index (χ1n) is 10.9. The zero-order valence-corrected chi connectivity index (χ0v) is 18.1. The van der Waals surface area contributed by atoms with Crippen LogP contribution in [0.2, 0.25) is 0 Å². The van der Waals surface area contributed by atoms with Crippen molar-refractivity contribution in [1.82, 2.24) is 14.7 Å². The molecule has 2 aromatic rings. The molecule has 0 spiro atoms. The number of rotatable bonds is 3. The van der Waals surface area contributed by atoms with Crippen LogP contribution in [0.15, 0.2) is 30.3 Å². The molecule has 2 aliphatic heterocycles. The minimum Gasteiger partial charge on any atom is -0.367 e. The number of likely N-dealkylation sites (tertiary alicyclic amines) is 1. The van der Waals surface area contributed by atoms with E-state index in [1.807, 2.05) is 43.0 Å². The van der Waals surface area contributed by atoms with E-state index in [1.54, 1.807) is 13.0 Å². The van der Waals surface area contributed by atoms with Crippen molar-refractivity contribution in [3.05, 3.63) is 47.2 Å². The largest absolute Gasteiger partial charge is 0.410 e. The minimum atomic E-state index is -4.36. The van der Waals surface area contributed by atoms with Gasteiger partial charge in [-0.3, -0.25) is 4.79 Å². The highest BCUT2D eigenvalue weighted by molar-refractivity contribution is 5.83. The van der Waals surface area contributed by atoms with Gasteiger partial charge >= 0.3 is 6.18 Å². The molecule has 1 aromatic heterocycles. The summed E-state index contributed by atoms with van der Waals surface area (Å²) in [5.74, 6) is 0.146. The van der Waals surface area contributed by atoms with Gasteiger partial charge in [0.05, 0.1) is 11.6 Å². The number of piperidine rings is 1. The van der Waals surface area contributed by atoms with Gasteiger partial charge in [0.15, 0.2) is 6.04 Å². The third kappa shape index (κ3) is 4.43. The quantitative estimate of drug-likeness (QED) is 0.753. The zero-order chi connectivity index (χ0) is 22.3. The number of amides is 1. The molecule has 0 radical (unpaired) electrons. The number of nitrogens with zero attached hydrogens (tertiary/aromatic N) is 3. The van der Waals surface area contributed by atoms with Gasteiger partial charge in [-0.05, 0) is 51.5 Å². The first-order valence-corrected chi connectivity index (χ1v) is 10.9. The molecule has 3 heterocycles. The Balaban J connectivity index is 1.49. The molecule has 0 bridgehead atoms. The van der Waals surface area contributed by atoms with Crippen LogP contribution < -0.4 is 5.32 Å². The summed E-state index contributed by atoms with van der Waals surface area (Å²) in [6.45, 7) is 6.73. The van der Waals surface area contributed by atoms with Crippen molar-refractivity contribution in [3.63, 3.8) is 0 Å². The van der Waals surface area contributed by atoms with Crippen molar-refractivity contribution in [1.29, 1.82) is 0 Å². The van der Waals surface area contributed by atoms with E-state index in [4.69, 9.17) is 0 Å². The lowest BCUT2D eigenvalue weighted by Gasteiger charge is -2.42. The Morgan fingerprint density at radius 3 is 2.61 bits per heavy atom. The van der Waals surface area contributed by atoms with Crippen molar-refractivity contribution >= 4 is 11.7 Å². The zero-order valence-electron chi connectivity index (χ0n) is 18.1. The molecule has 4 rings (SSSR count). The highest BCUT2D eigenvalue weighted by Gasteiger charge is 2.48. The van der Waals surface area contributed by atoms with Gasteiger partial charge in [0.25, 0.3) is 0 Å². The van der Waals surface area contributed by atoms with E-state index in [9.17, 15) is 18.0 Å². The monoisotopic (exact) mass is 434 g/mol. The van der Waals surface area contributed by atoms with E-state index in [-0.39, 0.29) is 30.2 Å². The predicted octanol–water partition coefficient (Wildman–Crippen LogP) is 4.83. The van der Waals surface area contributed by atoms with Crippen molar-refractivity contribution in [3.8, 4) is 0 Å². The lowest BCUT2D eigenvalue weighted by atomic mass is 9.85. The van der Waals surface area contributed by atoms with Gasteiger partial charge in [-0.15, -0.1) is 0 Å². The molecule has 1 saturated heterocycles. The Hall–Kier alpha value is -2.51. The molecule has 4 atom stereocenters. The van der Waals surface area contributed by atoms with Crippen LogP contribution in [-0.4, -0.2) is 45.9 Å². The average Bonchev–Trinajstić information content (AvgIpc) is 3.11. The van der Waals surface area contributed by atoms with Crippen LogP contribution in [0.1, 0.15) is 55.0 Å². The Kier molecular flexibility index (Phi) is 5.75. The van der Waals surface area contributed by atoms with E-state index >= 15 is 0 Å². The standard InChI is InChI=1S/C23H29F3N4O/c1-14-6-8-17(9-7-14)16(3)22(31)29-10-4-5-18(13-29)19-12-20(23(24,25)26)30-21(27-19)11-15(2)28-30/h6-9,11,16,18-20,27H,4-5,10,12-13H2,1-3H3/t16-,18+,19+,20-/m1/s1. The maximum atomic E-state index is 13.7. The number of benzene rings is 1. The number of carbonyl (C=O) groups excluding carboxylic acids is 1. The number of alkyl halides is 3. The summed E-state index contributed by atoms with van der Waals surface area (Å²) in [5, 5.41) is 7.33. The Bertz CT molecular complexity index is 937. The van der Waals surface area contributed by atoms with Crippen LogP contribution in [0.5, 0.6) is 0 Å². The Morgan fingerprint density at radius 2 is 1.94 bits per heavy atom. The molecular formula is C23H29F3N4O.